The van der Waals surface area contributed by atoms with Gasteiger partial charge in [-0.2, -0.15) is 9.97 Å². The number of cyclic esters (lactones) is 1. The molecule has 0 radical (unpaired) electrons. The quantitative estimate of drug-likeness (QED) is 0.131. The normalized spacial score (nSPS) is 37.2. The van der Waals surface area contributed by atoms with Crippen molar-refractivity contribution in [2.75, 3.05) is 18.9 Å². The van der Waals surface area contributed by atoms with Crippen LogP contribution in [0.3, 0.4) is 0 Å². The molecule has 0 amide bonds. The van der Waals surface area contributed by atoms with Crippen LogP contribution in [0, 0.1) is 28.6 Å². The summed E-state index contributed by atoms with van der Waals surface area (Å²) in [4.78, 5) is 30.8. The molecule has 3 fully saturated rings. The van der Waals surface area contributed by atoms with Crippen molar-refractivity contribution in [2.24, 2.45) is 40.6 Å². The molecule has 8 rings (SSSR count). The molecule has 5 aliphatic rings. The second kappa shape index (κ2) is 13.4. The Labute approximate surface area is 309 Å². The summed E-state index contributed by atoms with van der Waals surface area (Å²) in [6.07, 6.45) is 6.25. The van der Waals surface area contributed by atoms with Crippen LogP contribution in [-0.2, 0) is 32.6 Å². The highest BCUT2D eigenvalue weighted by Crippen LogP contribution is 2.62. The Morgan fingerprint density at radius 2 is 1.94 bits per heavy atom. The lowest BCUT2D eigenvalue weighted by Gasteiger charge is -2.62. The minimum absolute atomic E-state index is 0.0470. The number of ether oxygens (including phenoxy) is 3. The molecule has 8 N–H and O–H groups in total. The van der Waals surface area contributed by atoms with Crippen molar-refractivity contribution in [3.63, 3.8) is 0 Å². The van der Waals surface area contributed by atoms with Crippen molar-refractivity contribution in [1.29, 1.82) is 0 Å². The highest BCUT2D eigenvalue weighted by atomic mass is 16.7. The van der Waals surface area contributed by atoms with Gasteiger partial charge in [-0.05, 0) is 48.7 Å². The maximum Gasteiger partial charge on any atom is 0.343 e. The van der Waals surface area contributed by atoms with E-state index >= 15 is 0 Å². The first-order chi connectivity index (χ1) is 25.7. The van der Waals surface area contributed by atoms with Gasteiger partial charge in [0.2, 0.25) is 17.8 Å². The highest BCUT2D eigenvalue weighted by molar-refractivity contribution is 5.98. The molecule has 0 spiro atoms. The summed E-state index contributed by atoms with van der Waals surface area (Å²) in [5.74, 6) is -0.439. The number of aryl methyl sites for hydroxylation is 1. The number of aliphatic hydroxyl groups excluding tert-OH is 5. The van der Waals surface area contributed by atoms with Gasteiger partial charge in [-0.25, -0.2) is 14.8 Å². The van der Waals surface area contributed by atoms with Crippen molar-refractivity contribution in [3.8, 4) is 5.88 Å². The molecule has 0 bridgehead atoms. The van der Waals surface area contributed by atoms with E-state index in [0.29, 0.717) is 53.9 Å². The standard InChI is InChI=1S/C37H45N7O10/c1-36-7-6-25(54-33-29(49)28(48)27(47)23(15-45)53-33)37(2,16-46)24(36)12-22-20(14-44-9-8-39-35(44)40-22)21(36)5-4-17-10-19(52-32(17)51)11-18-13-43(3)30-26(18)31(50)42-34(38)41-30/h4-5,8-11,13,20-21,23-25,27-29,33,45-49H,6-7,12,14-16H2,1-3H3,(H3,38,41,42,50)/b5-4+,19-11+/t20?,21?,23?,24?,25-,27?,28?,29?,33?,36-,37+/m1/s1. The molecule has 3 aromatic heterocycles. The number of esters is 1. The second-order valence-electron chi connectivity index (χ2n) is 15.6. The number of carbonyl (C=O) groups excluding carboxylic acids is 1. The number of hydrogen-bond donors (Lipinski definition) is 7. The van der Waals surface area contributed by atoms with Gasteiger partial charge in [-0.1, -0.05) is 26.0 Å². The SMILES string of the molecule is Cn1cc(/C=C2C=C(/C=C/C3C4Cn5ccnc5N=C4CC4[C@]3(C)CC[C@@H](OC3OC(CO)C(O)C(O)C3O)[C@@]4(C)CO)C(=O)O\2)c2c(O)nc(N)nc21. The van der Waals surface area contributed by atoms with Gasteiger partial charge in [0, 0.05) is 54.8 Å². The van der Waals surface area contributed by atoms with E-state index in [1.54, 1.807) is 42.2 Å². The Balaban J connectivity index is 1.12. The fraction of sp³-hybridized carbons (Fsp3) is 0.541. The van der Waals surface area contributed by atoms with Crippen molar-refractivity contribution >= 4 is 40.7 Å². The molecular formula is C37H45N7O10. The number of aliphatic imine (C=N–C) groups is 1. The molecule has 1 saturated heterocycles. The van der Waals surface area contributed by atoms with Crippen LogP contribution >= 0.6 is 0 Å². The summed E-state index contributed by atoms with van der Waals surface area (Å²) < 4.78 is 21.4. The van der Waals surface area contributed by atoms with E-state index < -0.39 is 60.2 Å². The van der Waals surface area contributed by atoms with Crippen LogP contribution in [0.5, 0.6) is 5.88 Å². The van der Waals surface area contributed by atoms with Crippen molar-refractivity contribution < 1.29 is 49.6 Å². The highest BCUT2D eigenvalue weighted by Gasteiger charge is 2.62. The van der Waals surface area contributed by atoms with Crippen LogP contribution in [0.1, 0.15) is 38.7 Å². The van der Waals surface area contributed by atoms with E-state index in [0.717, 1.165) is 5.71 Å². The molecule has 8 unspecified atom stereocenters. The number of aromatic nitrogens is 5. The van der Waals surface area contributed by atoms with Gasteiger partial charge >= 0.3 is 5.97 Å². The van der Waals surface area contributed by atoms with Crippen LogP contribution in [0.4, 0.5) is 11.9 Å². The number of fused-ring (bicyclic) bond motifs is 4. The first-order valence-corrected chi connectivity index (χ1v) is 18.1. The lowest BCUT2D eigenvalue weighted by atomic mass is 9.45. The molecular weight excluding hydrogens is 702 g/mol. The van der Waals surface area contributed by atoms with Gasteiger partial charge in [0.05, 0.1) is 30.3 Å². The Morgan fingerprint density at radius 3 is 2.70 bits per heavy atom. The van der Waals surface area contributed by atoms with Gasteiger partial charge in [0.1, 0.15) is 35.8 Å². The van der Waals surface area contributed by atoms with E-state index in [-0.39, 0.29) is 41.9 Å². The zero-order valence-electron chi connectivity index (χ0n) is 30.1. The van der Waals surface area contributed by atoms with E-state index in [1.807, 2.05) is 23.8 Å². The van der Waals surface area contributed by atoms with Gasteiger partial charge in [0.25, 0.3) is 0 Å². The zero-order chi connectivity index (χ0) is 38.3. The number of imidazole rings is 1. The molecule has 11 atom stereocenters. The Bertz CT molecular complexity index is 2110. The molecule has 17 nitrogen and oxygen atoms in total. The van der Waals surface area contributed by atoms with E-state index in [2.05, 4.69) is 21.9 Å². The third-order valence-electron chi connectivity index (χ3n) is 12.5. The summed E-state index contributed by atoms with van der Waals surface area (Å²) >= 11 is 0. The summed E-state index contributed by atoms with van der Waals surface area (Å²) in [5, 5.41) is 63.4. The summed E-state index contributed by atoms with van der Waals surface area (Å²) in [7, 11) is 1.76. The number of rotatable bonds is 7. The maximum atomic E-state index is 13.3. The van der Waals surface area contributed by atoms with Gasteiger partial charge in [-0.15, -0.1) is 0 Å². The number of carbonyl (C=O) groups is 1. The van der Waals surface area contributed by atoms with Gasteiger partial charge in [0.15, 0.2) is 6.29 Å². The average molecular weight is 748 g/mol. The topological polar surface area (TPSA) is 253 Å². The van der Waals surface area contributed by atoms with Crippen LogP contribution < -0.4 is 5.73 Å². The predicted octanol–water partition coefficient (Wildman–Crippen LogP) is 0.855. The summed E-state index contributed by atoms with van der Waals surface area (Å²) in [5.41, 5.74) is 6.63. The van der Waals surface area contributed by atoms with Crippen LogP contribution in [0.2, 0.25) is 0 Å². The van der Waals surface area contributed by atoms with Gasteiger partial charge in [-0.3, -0.25) is 0 Å². The molecule has 3 aromatic rings. The smallest absolute Gasteiger partial charge is 0.343 e. The number of nitrogens with two attached hydrogens (primary N) is 1. The van der Waals surface area contributed by atoms with Crippen molar-refractivity contribution in [3.05, 3.63) is 53.7 Å². The summed E-state index contributed by atoms with van der Waals surface area (Å²) in [6, 6.07) is 0. The van der Waals surface area contributed by atoms with Crippen LogP contribution in [0.15, 0.2) is 53.1 Å². The number of allylic oxidation sites excluding steroid dienone is 2. The lowest BCUT2D eigenvalue weighted by Crippen LogP contribution is -2.64. The first kappa shape index (κ1) is 36.5. The number of nitrogens with zero attached hydrogens (tertiary/aromatic N) is 6. The first-order valence-electron chi connectivity index (χ1n) is 18.1. The molecule has 2 aliphatic carbocycles. The third-order valence-corrected chi connectivity index (χ3v) is 12.5. The number of nitrogen functional groups attached to an aromatic ring is 1. The van der Waals surface area contributed by atoms with E-state index in [4.69, 9.17) is 24.9 Å². The van der Waals surface area contributed by atoms with Crippen LogP contribution in [0.25, 0.3) is 17.1 Å². The van der Waals surface area contributed by atoms with Crippen molar-refractivity contribution in [1.82, 2.24) is 24.1 Å². The maximum absolute atomic E-state index is 13.3. The number of aliphatic hydroxyl groups is 5. The fourth-order valence-electron chi connectivity index (χ4n) is 9.56. The second-order valence-corrected chi connectivity index (χ2v) is 15.6. The Morgan fingerprint density at radius 1 is 1.15 bits per heavy atom. The average Bonchev–Trinajstić information content (AvgIpc) is 3.83. The molecule has 3 aliphatic heterocycles. The largest absolute Gasteiger partial charge is 0.493 e. The number of anilines is 1. The molecule has 2 saturated carbocycles. The van der Waals surface area contributed by atoms with E-state index in [9.17, 15) is 35.4 Å². The fourth-order valence-corrected chi connectivity index (χ4v) is 9.56. The molecule has 54 heavy (non-hydrogen) atoms. The van der Waals surface area contributed by atoms with E-state index in [1.165, 1.54) is 0 Å². The molecule has 17 heteroatoms. The minimum Gasteiger partial charge on any atom is -0.493 e. The monoisotopic (exact) mass is 747 g/mol. The summed E-state index contributed by atoms with van der Waals surface area (Å²) in [6.45, 7) is 3.90. The Hall–Kier alpha value is -4.49. The third kappa shape index (κ3) is 5.77. The van der Waals surface area contributed by atoms with Crippen molar-refractivity contribution in [2.45, 2.75) is 76.5 Å². The minimum atomic E-state index is -1.60. The number of aromatic hydroxyl groups is 1. The lowest BCUT2D eigenvalue weighted by molar-refractivity contribution is -0.329. The number of hydrogen-bond acceptors (Lipinski definition) is 15. The molecule has 6 heterocycles. The molecule has 0 aromatic carbocycles. The van der Waals surface area contributed by atoms with Crippen LogP contribution in [-0.4, -0.2) is 116 Å². The molecule has 288 valence electrons. The van der Waals surface area contributed by atoms with Gasteiger partial charge < -0.3 is 59.7 Å². The Kier molecular flexibility index (Phi) is 9.03. The zero-order valence-corrected chi connectivity index (χ0v) is 30.1. The predicted molar refractivity (Wildman–Crippen MR) is 191 cm³/mol.